The Morgan fingerprint density at radius 2 is 2.19 bits per heavy atom. The minimum atomic E-state index is -3.35. The quantitative estimate of drug-likeness (QED) is 0.846. The molecule has 1 atom stereocenters. The van der Waals surface area contributed by atoms with Gasteiger partial charge in [0.2, 0.25) is 15.9 Å². The van der Waals surface area contributed by atoms with Crippen LogP contribution in [0, 0.1) is 0 Å². The molecule has 0 aliphatic carbocycles. The topological polar surface area (TPSA) is 70.8 Å². The molecular formula is C14H22N2O4S. The Balaban J connectivity index is 2.15. The van der Waals surface area contributed by atoms with Crippen LogP contribution in [0.2, 0.25) is 0 Å². The third-order valence-corrected chi connectivity index (χ3v) is 5.13. The zero-order valence-electron chi connectivity index (χ0n) is 12.5. The van der Waals surface area contributed by atoms with Crippen molar-refractivity contribution >= 4 is 15.9 Å². The molecule has 118 valence electrons. The van der Waals surface area contributed by atoms with Gasteiger partial charge in [-0.3, -0.25) is 4.79 Å². The number of sulfonamides is 1. The normalized spacial score (nSPS) is 20.5. The van der Waals surface area contributed by atoms with E-state index in [2.05, 4.69) is 0 Å². The molecule has 6 nitrogen and oxygen atoms in total. The second-order valence-corrected chi connectivity index (χ2v) is 7.58. The van der Waals surface area contributed by atoms with E-state index >= 15 is 0 Å². The zero-order chi connectivity index (χ0) is 15.5. The van der Waals surface area contributed by atoms with Gasteiger partial charge in [-0.25, -0.2) is 8.42 Å². The van der Waals surface area contributed by atoms with E-state index in [1.807, 2.05) is 12.1 Å². The summed E-state index contributed by atoms with van der Waals surface area (Å²) < 4.78 is 29.5. The molecule has 21 heavy (non-hydrogen) atoms. The highest BCUT2D eigenvalue weighted by Gasteiger charge is 2.30. The Morgan fingerprint density at radius 3 is 2.81 bits per heavy atom. The highest BCUT2D eigenvalue weighted by Crippen LogP contribution is 2.30. The van der Waals surface area contributed by atoms with Crippen molar-refractivity contribution in [3.8, 4) is 0 Å². The van der Waals surface area contributed by atoms with Gasteiger partial charge in [-0.05, 0) is 25.0 Å². The standard InChI is InChI=1S/C14H22N2O4S/c1-15(21(2,18)19)11-14(17)16-9-5-3-4-7-12(16)13-8-6-10-20-13/h6,8,10,12H,3-5,7,9,11H2,1-2H3. The Hall–Kier alpha value is -1.34. The SMILES string of the molecule is CN(CC(=O)N1CCCCCC1c1ccco1)S(C)(=O)=O. The molecule has 0 spiro atoms. The number of likely N-dealkylation sites (tertiary alicyclic amines) is 1. The van der Waals surface area contributed by atoms with Crippen LogP contribution in [0.4, 0.5) is 0 Å². The molecule has 1 unspecified atom stereocenters. The van der Waals surface area contributed by atoms with Crippen molar-refractivity contribution in [3.05, 3.63) is 24.2 Å². The van der Waals surface area contributed by atoms with Crippen LogP contribution >= 0.6 is 0 Å². The third kappa shape index (κ3) is 4.07. The van der Waals surface area contributed by atoms with Gasteiger partial charge in [0, 0.05) is 13.6 Å². The van der Waals surface area contributed by atoms with Crippen LogP contribution in [0.15, 0.2) is 22.8 Å². The number of carbonyl (C=O) groups is 1. The van der Waals surface area contributed by atoms with Crippen LogP contribution in [0.1, 0.15) is 37.5 Å². The molecule has 0 radical (unpaired) electrons. The van der Waals surface area contributed by atoms with E-state index in [1.54, 1.807) is 11.2 Å². The highest BCUT2D eigenvalue weighted by atomic mass is 32.2. The Bertz CT molecular complexity index is 568. The van der Waals surface area contributed by atoms with Crippen molar-refractivity contribution in [2.45, 2.75) is 31.7 Å². The molecule has 2 rings (SSSR count). The molecule has 1 aliphatic heterocycles. The molecule has 1 fully saturated rings. The summed E-state index contributed by atoms with van der Waals surface area (Å²) in [5, 5.41) is 0. The van der Waals surface area contributed by atoms with Gasteiger partial charge < -0.3 is 9.32 Å². The summed E-state index contributed by atoms with van der Waals surface area (Å²) in [4.78, 5) is 14.2. The van der Waals surface area contributed by atoms with Gasteiger partial charge in [0.15, 0.2) is 0 Å². The summed E-state index contributed by atoms with van der Waals surface area (Å²) in [5.41, 5.74) is 0. The summed E-state index contributed by atoms with van der Waals surface area (Å²) in [5.74, 6) is 0.596. The molecule has 1 amide bonds. The number of likely N-dealkylation sites (N-methyl/N-ethyl adjacent to an activating group) is 1. The van der Waals surface area contributed by atoms with E-state index < -0.39 is 10.0 Å². The minimum Gasteiger partial charge on any atom is -0.467 e. The number of hydrogen-bond acceptors (Lipinski definition) is 4. The van der Waals surface area contributed by atoms with Crippen LogP contribution in [-0.2, 0) is 14.8 Å². The summed E-state index contributed by atoms with van der Waals surface area (Å²) >= 11 is 0. The fraction of sp³-hybridized carbons (Fsp3) is 0.643. The van der Waals surface area contributed by atoms with Gasteiger partial charge in [-0.1, -0.05) is 12.8 Å². The maximum Gasteiger partial charge on any atom is 0.238 e. The number of furan rings is 1. The molecule has 0 aromatic carbocycles. The van der Waals surface area contributed by atoms with Crippen LogP contribution in [0.3, 0.4) is 0 Å². The van der Waals surface area contributed by atoms with Gasteiger partial charge in [-0.2, -0.15) is 4.31 Å². The molecule has 1 aliphatic rings. The van der Waals surface area contributed by atoms with Gasteiger partial charge in [0.25, 0.3) is 0 Å². The zero-order valence-corrected chi connectivity index (χ0v) is 13.3. The predicted molar refractivity (Wildman–Crippen MR) is 79.1 cm³/mol. The third-order valence-electron chi connectivity index (χ3n) is 3.87. The molecule has 1 aromatic rings. The number of rotatable bonds is 4. The number of amides is 1. The maximum absolute atomic E-state index is 12.5. The number of nitrogens with zero attached hydrogens (tertiary/aromatic N) is 2. The lowest BCUT2D eigenvalue weighted by molar-refractivity contribution is -0.134. The first kappa shape index (κ1) is 16.0. The van der Waals surface area contributed by atoms with Crippen molar-refractivity contribution in [2.24, 2.45) is 0 Å². The van der Waals surface area contributed by atoms with Crippen molar-refractivity contribution < 1.29 is 17.6 Å². The van der Waals surface area contributed by atoms with E-state index in [1.165, 1.54) is 7.05 Å². The molecular weight excluding hydrogens is 292 g/mol. The Morgan fingerprint density at radius 1 is 1.43 bits per heavy atom. The van der Waals surface area contributed by atoms with Crippen molar-refractivity contribution in [3.63, 3.8) is 0 Å². The second kappa shape index (κ2) is 6.62. The van der Waals surface area contributed by atoms with E-state index in [0.717, 1.165) is 42.0 Å². The first-order valence-electron chi connectivity index (χ1n) is 7.14. The van der Waals surface area contributed by atoms with Gasteiger partial charge >= 0.3 is 0 Å². The maximum atomic E-state index is 12.5. The average Bonchev–Trinajstić information content (AvgIpc) is 2.81. The first-order chi connectivity index (χ1) is 9.89. The van der Waals surface area contributed by atoms with Crippen LogP contribution in [-0.4, -0.2) is 49.9 Å². The summed E-state index contributed by atoms with van der Waals surface area (Å²) in [6.45, 7) is 0.512. The van der Waals surface area contributed by atoms with Crippen LogP contribution in [0.5, 0.6) is 0 Å². The summed E-state index contributed by atoms with van der Waals surface area (Å²) in [7, 11) is -1.93. The Labute approximate surface area is 125 Å². The van der Waals surface area contributed by atoms with E-state index in [4.69, 9.17) is 4.42 Å². The first-order valence-corrected chi connectivity index (χ1v) is 8.98. The fourth-order valence-electron chi connectivity index (χ4n) is 2.58. The Kier molecular flexibility index (Phi) is 5.05. The van der Waals surface area contributed by atoms with E-state index in [0.29, 0.717) is 6.54 Å². The molecule has 1 saturated heterocycles. The molecule has 0 saturated carbocycles. The summed E-state index contributed by atoms with van der Waals surface area (Å²) in [6, 6.07) is 3.59. The lowest BCUT2D eigenvalue weighted by Gasteiger charge is -2.30. The van der Waals surface area contributed by atoms with Crippen LogP contribution in [0.25, 0.3) is 0 Å². The lowest BCUT2D eigenvalue weighted by atomic mass is 10.1. The fourth-order valence-corrected chi connectivity index (χ4v) is 2.93. The summed E-state index contributed by atoms with van der Waals surface area (Å²) in [6.07, 6.45) is 6.60. The average molecular weight is 314 g/mol. The van der Waals surface area contributed by atoms with E-state index in [-0.39, 0.29) is 18.5 Å². The van der Waals surface area contributed by atoms with Crippen LogP contribution < -0.4 is 0 Å². The van der Waals surface area contributed by atoms with Crippen molar-refractivity contribution in [1.29, 1.82) is 0 Å². The second-order valence-electron chi connectivity index (χ2n) is 5.49. The highest BCUT2D eigenvalue weighted by molar-refractivity contribution is 7.88. The minimum absolute atomic E-state index is 0.0945. The van der Waals surface area contributed by atoms with Gasteiger partial charge in [0.1, 0.15) is 5.76 Å². The lowest BCUT2D eigenvalue weighted by Crippen LogP contribution is -2.42. The van der Waals surface area contributed by atoms with Crippen molar-refractivity contribution in [1.82, 2.24) is 9.21 Å². The molecule has 0 bridgehead atoms. The molecule has 1 aromatic heterocycles. The largest absolute Gasteiger partial charge is 0.467 e. The molecule has 7 heteroatoms. The molecule has 0 N–H and O–H groups in total. The predicted octanol–water partition coefficient (Wildman–Crippen LogP) is 1.61. The molecule has 2 heterocycles. The van der Waals surface area contributed by atoms with Crippen molar-refractivity contribution in [2.75, 3.05) is 26.4 Å². The number of carbonyl (C=O) groups excluding carboxylic acids is 1. The number of hydrogen-bond donors (Lipinski definition) is 0. The van der Waals surface area contributed by atoms with Gasteiger partial charge in [-0.15, -0.1) is 0 Å². The monoisotopic (exact) mass is 314 g/mol. The van der Waals surface area contributed by atoms with Gasteiger partial charge in [0.05, 0.1) is 25.1 Å². The van der Waals surface area contributed by atoms with E-state index in [9.17, 15) is 13.2 Å². The smallest absolute Gasteiger partial charge is 0.238 e.